The summed E-state index contributed by atoms with van der Waals surface area (Å²) in [4.78, 5) is 8.41. The number of aliphatic hydroxyl groups excluding tert-OH is 1. The number of halogens is 3. The number of hydrogen-bond acceptors (Lipinski definition) is 3. The van der Waals surface area contributed by atoms with E-state index in [9.17, 15) is 8.78 Å². The normalized spacial score (nSPS) is 11.4. The summed E-state index contributed by atoms with van der Waals surface area (Å²) in [5.41, 5.74) is 1.92. The van der Waals surface area contributed by atoms with Crippen molar-refractivity contribution in [2.75, 3.05) is 6.61 Å². The maximum Gasteiger partial charge on any atom is 0.155 e. The van der Waals surface area contributed by atoms with Gasteiger partial charge in [-0.2, -0.15) is 0 Å². The molecule has 26 heavy (non-hydrogen) atoms. The first-order valence-corrected chi connectivity index (χ1v) is 8.21. The van der Waals surface area contributed by atoms with Gasteiger partial charge in [0.1, 0.15) is 11.6 Å². The van der Waals surface area contributed by atoms with Crippen molar-refractivity contribution in [1.82, 2.24) is 19.1 Å². The molecular weight excluding hydrogens is 362 g/mol. The van der Waals surface area contributed by atoms with E-state index in [0.717, 1.165) is 11.6 Å². The molecule has 0 radical (unpaired) electrons. The third-order valence-electron chi connectivity index (χ3n) is 4.13. The molecule has 4 rings (SSSR count). The number of aliphatic hydroxyl groups is 1. The molecule has 5 nitrogen and oxygen atoms in total. The molecule has 0 spiro atoms. The fourth-order valence-electron chi connectivity index (χ4n) is 2.92. The van der Waals surface area contributed by atoms with Gasteiger partial charge in [-0.25, -0.2) is 18.7 Å². The molecule has 0 saturated heterocycles. The van der Waals surface area contributed by atoms with Crippen molar-refractivity contribution in [3.63, 3.8) is 0 Å². The van der Waals surface area contributed by atoms with Crippen LogP contribution in [0.25, 0.3) is 28.1 Å². The van der Waals surface area contributed by atoms with Crippen molar-refractivity contribution in [3.05, 3.63) is 65.7 Å². The molecule has 132 valence electrons. The molecule has 2 aromatic heterocycles. The van der Waals surface area contributed by atoms with Crippen molar-refractivity contribution in [2.45, 2.75) is 6.54 Å². The Hall–Kier alpha value is -2.77. The van der Waals surface area contributed by atoms with Crippen molar-refractivity contribution in [2.24, 2.45) is 0 Å². The van der Waals surface area contributed by atoms with Gasteiger partial charge < -0.3 is 9.67 Å². The lowest BCUT2D eigenvalue weighted by Gasteiger charge is -2.11. The molecule has 0 atom stereocenters. The van der Waals surface area contributed by atoms with Crippen molar-refractivity contribution < 1.29 is 13.9 Å². The number of fused-ring (bicyclic) bond motifs is 1. The second kappa shape index (κ2) is 6.51. The van der Waals surface area contributed by atoms with Crippen LogP contribution in [0, 0.1) is 11.6 Å². The lowest BCUT2D eigenvalue weighted by atomic mass is 10.1. The summed E-state index contributed by atoms with van der Waals surface area (Å²) in [6.45, 7) is 0.442. The van der Waals surface area contributed by atoms with E-state index in [0.29, 0.717) is 17.7 Å². The molecule has 2 aromatic carbocycles. The van der Waals surface area contributed by atoms with Crippen molar-refractivity contribution in [3.8, 4) is 17.1 Å². The van der Waals surface area contributed by atoms with Gasteiger partial charge in [0, 0.05) is 24.6 Å². The molecule has 4 aromatic rings. The van der Waals surface area contributed by atoms with E-state index in [1.807, 2.05) is 10.6 Å². The Morgan fingerprint density at radius 3 is 2.77 bits per heavy atom. The Kier molecular flexibility index (Phi) is 4.18. The third-order valence-corrected chi connectivity index (χ3v) is 4.42. The standard InChI is InChI=1S/C18H13ClF2N4O/c19-12-2-3-13(20)16(17(12)21)18-22-5-6-25(18)11-1-4-15-14(9-11)23-10-24(15)7-8-26/h1-6,9-10,26H,7-8H2. The van der Waals surface area contributed by atoms with Crippen LogP contribution in [-0.4, -0.2) is 30.8 Å². The number of rotatable bonds is 4. The first kappa shape index (κ1) is 16.7. The van der Waals surface area contributed by atoms with Crippen LogP contribution < -0.4 is 0 Å². The molecule has 8 heteroatoms. The van der Waals surface area contributed by atoms with Gasteiger partial charge in [-0.05, 0) is 30.3 Å². The molecule has 0 fully saturated rings. The quantitative estimate of drug-likeness (QED) is 0.553. The van der Waals surface area contributed by atoms with Gasteiger partial charge in [0.05, 0.1) is 34.6 Å². The molecule has 0 saturated carbocycles. The second-order valence-electron chi connectivity index (χ2n) is 5.67. The number of nitrogens with zero attached hydrogens (tertiary/aromatic N) is 4. The molecule has 0 unspecified atom stereocenters. The fraction of sp³-hybridized carbons (Fsp3) is 0.111. The largest absolute Gasteiger partial charge is 0.395 e. The average molecular weight is 375 g/mol. The highest BCUT2D eigenvalue weighted by Gasteiger charge is 2.20. The monoisotopic (exact) mass is 374 g/mol. The zero-order valence-electron chi connectivity index (χ0n) is 13.4. The number of imidazole rings is 2. The maximum absolute atomic E-state index is 14.4. The Labute approximate surface area is 152 Å². The highest BCUT2D eigenvalue weighted by atomic mass is 35.5. The van der Waals surface area contributed by atoms with E-state index < -0.39 is 11.6 Å². The average Bonchev–Trinajstić information content (AvgIpc) is 3.26. The molecule has 0 aliphatic heterocycles. The van der Waals surface area contributed by atoms with Crippen LogP contribution in [0.5, 0.6) is 0 Å². The van der Waals surface area contributed by atoms with Gasteiger partial charge in [-0.15, -0.1) is 0 Å². The summed E-state index contributed by atoms with van der Waals surface area (Å²) in [6, 6.07) is 7.70. The van der Waals surface area contributed by atoms with Gasteiger partial charge >= 0.3 is 0 Å². The summed E-state index contributed by atoms with van der Waals surface area (Å²) in [6.07, 6.45) is 4.71. The smallest absolute Gasteiger partial charge is 0.155 e. The topological polar surface area (TPSA) is 55.9 Å². The van der Waals surface area contributed by atoms with E-state index in [-0.39, 0.29) is 23.0 Å². The van der Waals surface area contributed by atoms with Gasteiger partial charge in [0.2, 0.25) is 0 Å². The summed E-state index contributed by atoms with van der Waals surface area (Å²) >= 11 is 5.80. The van der Waals surface area contributed by atoms with Gasteiger partial charge in [0.25, 0.3) is 0 Å². The SMILES string of the molecule is OCCn1cnc2cc(-n3ccnc3-c3c(F)ccc(Cl)c3F)ccc21. The lowest BCUT2D eigenvalue weighted by molar-refractivity contribution is 0.278. The lowest BCUT2D eigenvalue weighted by Crippen LogP contribution is -2.02. The molecule has 1 N–H and O–H groups in total. The minimum absolute atomic E-state index is 0.00615. The Morgan fingerprint density at radius 2 is 1.96 bits per heavy atom. The minimum Gasteiger partial charge on any atom is -0.395 e. The van der Waals surface area contributed by atoms with Crippen molar-refractivity contribution >= 4 is 22.6 Å². The Morgan fingerprint density at radius 1 is 1.12 bits per heavy atom. The first-order valence-electron chi connectivity index (χ1n) is 7.83. The predicted octanol–water partition coefficient (Wildman–Crippen LogP) is 3.81. The minimum atomic E-state index is -0.854. The third kappa shape index (κ3) is 2.65. The van der Waals surface area contributed by atoms with Crippen molar-refractivity contribution in [1.29, 1.82) is 0 Å². The van der Waals surface area contributed by atoms with E-state index >= 15 is 0 Å². The molecule has 2 heterocycles. The van der Waals surface area contributed by atoms with E-state index in [2.05, 4.69) is 9.97 Å². The van der Waals surface area contributed by atoms with Crippen LogP contribution in [0.15, 0.2) is 49.1 Å². The number of benzene rings is 2. The summed E-state index contributed by atoms with van der Waals surface area (Å²) < 4.78 is 32.0. The summed E-state index contributed by atoms with van der Waals surface area (Å²) in [5.74, 6) is -1.49. The van der Waals surface area contributed by atoms with E-state index in [1.54, 1.807) is 29.2 Å². The molecule has 0 aliphatic carbocycles. The van der Waals surface area contributed by atoms with Gasteiger partial charge in [-0.1, -0.05) is 11.6 Å². The highest BCUT2D eigenvalue weighted by Crippen LogP contribution is 2.31. The fourth-order valence-corrected chi connectivity index (χ4v) is 3.07. The van der Waals surface area contributed by atoms with Crippen LogP contribution in [0.3, 0.4) is 0 Å². The zero-order valence-corrected chi connectivity index (χ0v) is 14.2. The number of hydrogen-bond donors (Lipinski definition) is 1. The van der Waals surface area contributed by atoms with E-state index in [4.69, 9.17) is 16.7 Å². The summed E-state index contributed by atoms with van der Waals surface area (Å²) in [7, 11) is 0. The second-order valence-corrected chi connectivity index (χ2v) is 6.08. The maximum atomic E-state index is 14.4. The van der Waals surface area contributed by atoms with Crippen LogP contribution in [0.2, 0.25) is 5.02 Å². The zero-order chi connectivity index (χ0) is 18.3. The number of aromatic nitrogens is 4. The molecule has 0 aliphatic rings. The Balaban J connectivity index is 1.85. The Bertz CT molecular complexity index is 1110. The van der Waals surface area contributed by atoms with Gasteiger partial charge in [0.15, 0.2) is 5.82 Å². The molecule has 0 amide bonds. The highest BCUT2D eigenvalue weighted by molar-refractivity contribution is 6.31. The molecular formula is C18H13ClF2N4O. The first-order chi connectivity index (χ1) is 12.6. The van der Waals surface area contributed by atoms with Gasteiger partial charge in [-0.3, -0.25) is 4.57 Å². The van der Waals surface area contributed by atoms with Crippen LogP contribution in [-0.2, 0) is 6.54 Å². The van der Waals surface area contributed by atoms with Crippen LogP contribution in [0.4, 0.5) is 8.78 Å². The van der Waals surface area contributed by atoms with E-state index in [1.165, 1.54) is 12.3 Å². The summed E-state index contributed by atoms with van der Waals surface area (Å²) in [5, 5.41) is 8.92. The molecule has 0 bridgehead atoms. The van der Waals surface area contributed by atoms with Crippen LogP contribution in [0.1, 0.15) is 0 Å². The predicted molar refractivity (Wildman–Crippen MR) is 94.3 cm³/mol. The van der Waals surface area contributed by atoms with Crippen LogP contribution >= 0.6 is 11.6 Å².